The van der Waals surface area contributed by atoms with E-state index in [2.05, 4.69) is 24.6 Å². The average Bonchev–Trinajstić information content (AvgIpc) is 2.01. The van der Waals surface area contributed by atoms with E-state index < -0.39 is 0 Å². The summed E-state index contributed by atoms with van der Waals surface area (Å²) in [5.41, 5.74) is 3.73. The molecule has 0 unspecified atom stereocenters. The zero-order valence-electron chi connectivity index (χ0n) is 7.48. The van der Waals surface area contributed by atoms with Crippen LogP contribution in [0.1, 0.15) is 33.1 Å². The van der Waals surface area contributed by atoms with Crippen LogP contribution in [0.3, 0.4) is 0 Å². The molecule has 0 atom stereocenters. The molecule has 0 bridgehead atoms. The molecule has 0 aromatic rings. The minimum absolute atomic E-state index is 1.02. The van der Waals surface area contributed by atoms with E-state index in [0.717, 1.165) is 25.8 Å². The minimum Gasteiger partial charge on any atom is -0.387 e. The Morgan fingerprint density at radius 2 is 2.09 bits per heavy atom. The third-order valence-electron chi connectivity index (χ3n) is 1.38. The number of nitrogens with two attached hydrogens (primary N) is 1. The Bertz CT molecular complexity index is 110. The molecule has 0 aromatic heterocycles. The van der Waals surface area contributed by atoms with Gasteiger partial charge in [0.05, 0.1) is 0 Å². The molecule has 0 aliphatic rings. The van der Waals surface area contributed by atoms with Crippen molar-refractivity contribution >= 4 is 0 Å². The molecule has 0 aliphatic heterocycles. The maximum absolute atomic E-state index is 5.17. The third-order valence-corrected chi connectivity index (χ3v) is 1.38. The van der Waals surface area contributed by atoms with Crippen LogP contribution >= 0.6 is 0 Å². The van der Waals surface area contributed by atoms with Gasteiger partial charge in [-0.2, -0.15) is 0 Å². The molecule has 11 heavy (non-hydrogen) atoms. The monoisotopic (exact) mass is 157 g/mol. The van der Waals surface area contributed by atoms with Crippen molar-refractivity contribution in [2.24, 2.45) is 5.84 Å². The molecule has 0 radical (unpaired) electrons. The van der Waals surface area contributed by atoms with Crippen molar-refractivity contribution in [1.82, 2.24) is 10.7 Å². The highest BCUT2D eigenvalue weighted by Crippen LogP contribution is 1.98. The standard InChI is InChI=1S/C8H19N3/c1-3-5-8(7-11-9)10-6-4-2/h7,10-11H,3-6,9H2,1-2H3/b8-7-. The summed E-state index contributed by atoms with van der Waals surface area (Å²) >= 11 is 0. The molecule has 0 saturated carbocycles. The van der Waals surface area contributed by atoms with Crippen LogP contribution in [0, 0.1) is 0 Å². The lowest BCUT2D eigenvalue weighted by atomic mass is 10.2. The predicted octanol–water partition coefficient (Wildman–Crippen LogP) is 1.09. The second kappa shape index (κ2) is 7.41. The van der Waals surface area contributed by atoms with Crippen molar-refractivity contribution in [1.29, 1.82) is 0 Å². The van der Waals surface area contributed by atoms with Crippen molar-refractivity contribution < 1.29 is 0 Å². The number of hydrogen-bond acceptors (Lipinski definition) is 3. The Balaban J connectivity index is 3.60. The number of allylic oxidation sites excluding steroid dienone is 1. The zero-order valence-corrected chi connectivity index (χ0v) is 7.48. The first kappa shape index (κ1) is 10.3. The highest BCUT2D eigenvalue weighted by Gasteiger charge is 1.91. The van der Waals surface area contributed by atoms with Crippen molar-refractivity contribution in [3.8, 4) is 0 Å². The molecule has 0 aromatic carbocycles. The number of hydrogen-bond donors (Lipinski definition) is 3. The largest absolute Gasteiger partial charge is 0.387 e. The highest BCUT2D eigenvalue weighted by molar-refractivity contribution is 4.96. The summed E-state index contributed by atoms with van der Waals surface area (Å²) in [6.45, 7) is 5.32. The van der Waals surface area contributed by atoms with Gasteiger partial charge in [0.1, 0.15) is 0 Å². The summed E-state index contributed by atoms with van der Waals surface area (Å²) in [6.07, 6.45) is 5.17. The Hall–Kier alpha value is -0.700. The fourth-order valence-corrected chi connectivity index (χ4v) is 0.867. The number of hydrazine groups is 1. The van der Waals surface area contributed by atoms with Crippen LogP contribution in [-0.2, 0) is 0 Å². The fourth-order valence-electron chi connectivity index (χ4n) is 0.867. The first-order valence-corrected chi connectivity index (χ1v) is 4.24. The van der Waals surface area contributed by atoms with Gasteiger partial charge in [-0.05, 0) is 12.8 Å². The quantitative estimate of drug-likeness (QED) is 0.399. The lowest BCUT2D eigenvalue weighted by Crippen LogP contribution is -2.21. The van der Waals surface area contributed by atoms with E-state index in [0.29, 0.717) is 0 Å². The Morgan fingerprint density at radius 3 is 2.55 bits per heavy atom. The lowest BCUT2D eigenvalue weighted by Gasteiger charge is -2.08. The molecule has 4 N–H and O–H groups in total. The van der Waals surface area contributed by atoms with E-state index in [1.807, 2.05) is 6.20 Å². The number of rotatable bonds is 6. The van der Waals surface area contributed by atoms with Crippen LogP contribution in [0.5, 0.6) is 0 Å². The van der Waals surface area contributed by atoms with Gasteiger partial charge >= 0.3 is 0 Å². The summed E-state index contributed by atoms with van der Waals surface area (Å²) in [5.74, 6) is 5.17. The molecule has 0 saturated heterocycles. The van der Waals surface area contributed by atoms with Crippen molar-refractivity contribution in [2.75, 3.05) is 6.54 Å². The van der Waals surface area contributed by atoms with Crippen LogP contribution < -0.4 is 16.6 Å². The van der Waals surface area contributed by atoms with E-state index in [1.54, 1.807) is 0 Å². The molecule has 0 aliphatic carbocycles. The van der Waals surface area contributed by atoms with E-state index in [1.165, 1.54) is 5.70 Å². The first-order valence-electron chi connectivity index (χ1n) is 4.24. The van der Waals surface area contributed by atoms with Crippen molar-refractivity contribution in [2.45, 2.75) is 33.1 Å². The molecule has 0 spiro atoms. The predicted molar refractivity (Wildman–Crippen MR) is 48.6 cm³/mol. The Labute approximate surface area is 69.0 Å². The summed E-state index contributed by atoms with van der Waals surface area (Å²) < 4.78 is 0. The van der Waals surface area contributed by atoms with Gasteiger partial charge in [0.25, 0.3) is 0 Å². The molecule has 66 valence electrons. The van der Waals surface area contributed by atoms with E-state index in [4.69, 9.17) is 5.84 Å². The summed E-state index contributed by atoms with van der Waals surface area (Å²) in [4.78, 5) is 0. The Morgan fingerprint density at radius 1 is 1.36 bits per heavy atom. The molecule has 3 nitrogen and oxygen atoms in total. The molecule has 0 heterocycles. The smallest absolute Gasteiger partial charge is 0.0312 e. The molecule has 0 rings (SSSR count). The molecular weight excluding hydrogens is 138 g/mol. The second-order valence-corrected chi connectivity index (χ2v) is 2.51. The topological polar surface area (TPSA) is 50.1 Å². The van der Waals surface area contributed by atoms with Crippen LogP contribution in [0.25, 0.3) is 0 Å². The van der Waals surface area contributed by atoms with Crippen molar-refractivity contribution in [3.05, 3.63) is 11.9 Å². The van der Waals surface area contributed by atoms with Crippen LogP contribution in [-0.4, -0.2) is 6.54 Å². The van der Waals surface area contributed by atoms with E-state index in [9.17, 15) is 0 Å². The van der Waals surface area contributed by atoms with E-state index in [-0.39, 0.29) is 0 Å². The van der Waals surface area contributed by atoms with Crippen LogP contribution in [0.4, 0.5) is 0 Å². The van der Waals surface area contributed by atoms with Gasteiger partial charge in [0.2, 0.25) is 0 Å². The molecular formula is C8H19N3. The summed E-state index contributed by atoms with van der Waals surface area (Å²) in [7, 11) is 0. The van der Waals surface area contributed by atoms with Crippen LogP contribution in [0.2, 0.25) is 0 Å². The first-order chi connectivity index (χ1) is 5.35. The number of nitrogens with one attached hydrogen (secondary N) is 2. The molecule has 0 amide bonds. The lowest BCUT2D eigenvalue weighted by molar-refractivity contribution is 0.704. The maximum atomic E-state index is 5.17. The van der Waals surface area contributed by atoms with Gasteiger partial charge in [-0.25, -0.2) is 0 Å². The maximum Gasteiger partial charge on any atom is 0.0312 e. The van der Waals surface area contributed by atoms with Gasteiger partial charge < -0.3 is 10.7 Å². The van der Waals surface area contributed by atoms with Gasteiger partial charge in [0.15, 0.2) is 0 Å². The van der Waals surface area contributed by atoms with Crippen LogP contribution in [0.15, 0.2) is 11.9 Å². The second-order valence-electron chi connectivity index (χ2n) is 2.51. The zero-order chi connectivity index (χ0) is 8.53. The average molecular weight is 157 g/mol. The molecule has 0 fully saturated rings. The van der Waals surface area contributed by atoms with Crippen molar-refractivity contribution in [3.63, 3.8) is 0 Å². The molecule has 3 heteroatoms. The Kier molecular flexibility index (Phi) is 6.94. The summed E-state index contributed by atoms with van der Waals surface area (Å²) in [6, 6.07) is 0. The van der Waals surface area contributed by atoms with Gasteiger partial charge in [-0.15, -0.1) is 0 Å². The van der Waals surface area contributed by atoms with Gasteiger partial charge in [-0.1, -0.05) is 20.3 Å². The normalized spacial score (nSPS) is 11.4. The summed E-state index contributed by atoms with van der Waals surface area (Å²) in [5, 5.41) is 3.29. The minimum atomic E-state index is 1.02. The third kappa shape index (κ3) is 5.73. The van der Waals surface area contributed by atoms with E-state index >= 15 is 0 Å². The fraction of sp³-hybridized carbons (Fsp3) is 0.750. The van der Waals surface area contributed by atoms with Gasteiger partial charge in [0, 0.05) is 18.4 Å². The SMILES string of the molecule is CCCN/C(=C\NN)CCC. The highest BCUT2D eigenvalue weighted by atomic mass is 15.2. The van der Waals surface area contributed by atoms with Gasteiger partial charge in [-0.3, -0.25) is 5.84 Å².